The summed E-state index contributed by atoms with van der Waals surface area (Å²) in [6.07, 6.45) is 0. The SMILES string of the molecule is CC(=O)Oc1cccc2cc(C(=O)NCCN3CCN(CCSCc4ccccc4)CC3)c(O)cc12. The maximum absolute atomic E-state index is 12.7. The Labute approximate surface area is 216 Å². The second kappa shape index (κ2) is 12.8. The number of esters is 1. The first-order valence-corrected chi connectivity index (χ1v) is 13.4. The molecule has 2 N–H and O–H groups in total. The molecule has 1 amide bonds. The van der Waals surface area contributed by atoms with Crippen molar-refractivity contribution >= 4 is 34.4 Å². The summed E-state index contributed by atoms with van der Waals surface area (Å²) >= 11 is 1.98. The first kappa shape index (κ1) is 26.0. The van der Waals surface area contributed by atoms with E-state index < -0.39 is 5.97 Å². The van der Waals surface area contributed by atoms with Crippen molar-refractivity contribution in [1.29, 1.82) is 0 Å². The third-order valence-electron chi connectivity index (χ3n) is 6.30. The van der Waals surface area contributed by atoms with Crippen LogP contribution in [0.1, 0.15) is 22.8 Å². The maximum Gasteiger partial charge on any atom is 0.308 e. The van der Waals surface area contributed by atoms with Crippen LogP contribution in [0.2, 0.25) is 0 Å². The molecule has 7 nitrogen and oxygen atoms in total. The summed E-state index contributed by atoms with van der Waals surface area (Å²) in [6.45, 7) is 7.75. The van der Waals surface area contributed by atoms with Gasteiger partial charge in [-0.3, -0.25) is 19.4 Å². The average molecular weight is 508 g/mol. The van der Waals surface area contributed by atoms with E-state index in [1.165, 1.54) is 18.6 Å². The van der Waals surface area contributed by atoms with E-state index in [4.69, 9.17) is 4.74 Å². The van der Waals surface area contributed by atoms with Gasteiger partial charge >= 0.3 is 5.97 Å². The van der Waals surface area contributed by atoms with Crippen molar-refractivity contribution in [2.75, 3.05) is 51.6 Å². The molecule has 4 rings (SSSR count). The topological polar surface area (TPSA) is 82.1 Å². The molecule has 1 aliphatic heterocycles. The number of benzene rings is 3. The van der Waals surface area contributed by atoms with Crippen LogP contribution in [0.25, 0.3) is 10.8 Å². The smallest absolute Gasteiger partial charge is 0.308 e. The Morgan fingerprint density at radius 1 is 0.972 bits per heavy atom. The monoisotopic (exact) mass is 507 g/mol. The number of piperazine rings is 1. The van der Waals surface area contributed by atoms with Gasteiger partial charge in [-0.25, -0.2) is 0 Å². The Balaban J connectivity index is 1.18. The number of carbonyl (C=O) groups is 2. The molecule has 0 radical (unpaired) electrons. The molecule has 0 aromatic heterocycles. The minimum atomic E-state index is -0.438. The molecule has 8 heteroatoms. The molecule has 3 aromatic rings. The summed E-state index contributed by atoms with van der Waals surface area (Å²) in [5.41, 5.74) is 1.58. The first-order chi connectivity index (χ1) is 17.5. The molecule has 0 saturated carbocycles. The van der Waals surface area contributed by atoms with Gasteiger partial charge in [0.25, 0.3) is 5.91 Å². The largest absolute Gasteiger partial charge is 0.507 e. The van der Waals surface area contributed by atoms with Gasteiger partial charge < -0.3 is 15.2 Å². The normalized spacial score (nSPS) is 14.6. The summed E-state index contributed by atoms with van der Waals surface area (Å²) in [5, 5.41) is 14.7. The molecule has 190 valence electrons. The highest BCUT2D eigenvalue weighted by Crippen LogP contribution is 2.31. The van der Waals surface area contributed by atoms with Crippen LogP contribution in [0.3, 0.4) is 0 Å². The molecule has 0 bridgehead atoms. The van der Waals surface area contributed by atoms with E-state index >= 15 is 0 Å². The van der Waals surface area contributed by atoms with Gasteiger partial charge in [-0.15, -0.1) is 0 Å². The Morgan fingerprint density at radius 2 is 1.69 bits per heavy atom. The Bertz CT molecular complexity index is 1180. The molecule has 0 atom stereocenters. The number of phenolic OH excluding ortho intramolecular Hbond substituents is 1. The highest BCUT2D eigenvalue weighted by molar-refractivity contribution is 7.98. The molecule has 1 aliphatic rings. The molecule has 1 saturated heterocycles. The number of nitrogens with one attached hydrogen (secondary N) is 1. The van der Waals surface area contributed by atoms with Crippen molar-refractivity contribution in [2.45, 2.75) is 12.7 Å². The predicted molar refractivity (Wildman–Crippen MR) is 145 cm³/mol. The van der Waals surface area contributed by atoms with Gasteiger partial charge in [-0.1, -0.05) is 42.5 Å². The van der Waals surface area contributed by atoms with E-state index in [-0.39, 0.29) is 17.2 Å². The van der Waals surface area contributed by atoms with Gasteiger partial charge in [0.05, 0.1) is 5.56 Å². The van der Waals surface area contributed by atoms with Crippen molar-refractivity contribution in [3.8, 4) is 11.5 Å². The first-order valence-electron chi connectivity index (χ1n) is 12.3. The van der Waals surface area contributed by atoms with Gasteiger partial charge in [0, 0.05) is 69.6 Å². The van der Waals surface area contributed by atoms with E-state index in [0.717, 1.165) is 56.2 Å². The number of fused-ring (bicyclic) bond motifs is 1. The number of carbonyl (C=O) groups excluding carboxylic acids is 2. The highest BCUT2D eigenvalue weighted by Gasteiger charge is 2.18. The van der Waals surface area contributed by atoms with Crippen LogP contribution >= 0.6 is 11.8 Å². The standard InChI is InChI=1S/C28H33N3O4S/c1-21(32)35-27-9-5-8-23-18-25(26(33)19-24(23)27)28(34)29-10-11-30-12-14-31(15-13-30)16-17-36-20-22-6-3-2-4-7-22/h2-9,18-19,33H,10-17,20H2,1H3,(H,29,34). The number of phenols is 1. The lowest BCUT2D eigenvalue weighted by Gasteiger charge is -2.34. The van der Waals surface area contributed by atoms with Crippen molar-refractivity contribution in [2.24, 2.45) is 0 Å². The van der Waals surface area contributed by atoms with Crippen molar-refractivity contribution < 1.29 is 19.4 Å². The zero-order chi connectivity index (χ0) is 25.3. The van der Waals surface area contributed by atoms with Gasteiger partial charge in [-0.2, -0.15) is 11.8 Å². The summed E-state index contributed by atoms with van der Waals surface area (Å²) in [4.78, 5) is 28.9. The molecule has 1 fully saturated rings. The third kappa shape index (κ3) is 7.22. The molecular formula is C28H33N3O4S. The molecule has 0 aliphatic carbocycles. The Kier molecular flexibility index (Phi) is 9.22. The minimum Gasteiger partial charge on any atom is -0.507 e. The lowest BCUT2D eigenvalue weighted by atomic mass is 10.0. The lowest BCUT2D eigenvalue weighted by Crippen LogP contribution is -2.48. The quantitative estimate of drug-likeness (QED) is 0.246. The van der Waals surface area contributed by atoms with Gasteiger partial charge in [0.15, 0.2) is 0 Å². The number of hydrogen-bond acceptors (Lipinski definition) is 7. The van der Waals surface area contributed by atoms with Crippen LogP contribution in [0.15, 0.2) is 60.7 Å². The second-order valence-electron chi connectivity index (χ2n) is 8.92. The van der Waals surface area contributed by atoms with Crippen molar-refractivity contribution in [3.05, 3.63) is 71.8 Å². The number of nitrogens with zero attached hydrogens (tertiary/aromatic N) is 2. The molecule has 0 unspecified atom stereocenters. The Morgan fingerprint density at radius 3 is 2.42 bits per heavy atom. The summed E-state index contributed by atoms with van der Waals surface area (Å²) in [7, 11) is 0. The number of thioether (sulfide) groups is 1. The fraction of sp³-hybridized carbons (Fsp3) is 0.357. The van der Waals surface area contributed by atoms with Crippen LogP contribution in [0.4, 0.5) is 0 Å². The summed E-state index contributed by atoms with van der Waals surface area (Å²) < 4.78 is 5.21. The Hall–Kier alpha value is -3.07. The summed E-state index contributed by atoms with van der Waals surface area (Å²) in [6, 6.07) is 18.9. The zero-order valence-electron chi connectivity index (χ0n) is 20.6. The summed E-state index contributed by atoms with van der Waals surface area (Å²) in [5.74, 6) is 1.64. The zero-order valence-corrected chi connectivity index (χ0v) is 21.4. The van der Waals surface area contributed by atoms with E-state index in [0.29, 0.717) is 17.7 Å². The van der Waals surface area contributed by atoms with E-state index in [2.05, 4.69) is 45.4 Å². The van der Waals surface area contributed by atoms with E-state index in [1.54, 1.807) is 18.2 Å². The predicted octanol–water partition coefficient (Wildman–Crippen LogP) is 3.75. The van der Waals surface area contributed by atoms with E-state index in [1.807, 2.05) is 17.8 Å². The van der Waals surface area contributed by atoms with Crippen LogP contribution in [-0.4, -0.2) is 78.3 Å². The number of amides is 1. The van der Waals surface area contributed by atoms with Gasteiger partial charge in [-0.05, 0) is 29.1 Å². The van der Waals surface area contributed by atoms with Crippen molar-refractivity contribution in [1.82, 2.24) is 15.1 Å². The second-order valence-corrected chi connectivity index (χ2v) is 10.0. The van der Waals surface area contributed by atoms with E-state index in [9.17, 15) is 14.7 Å². The third-order valence-corrected chi connectivity index (χ3v) is 7.31. The molecule has 3 aromatic carbocycles. The fourth-order valence-electron chi connectivity index (χ4n) is 4.33. The number of ether oxygens (including phenoxy) is 1. The molecular weight excluding hydrogens is 474 g/mol. The van der Waals surface area contributed by atoms with Crippen molar-refractivity contribution in [3.63, 3.8) is 0 Å². The fourth-order valence-corrected chi connectivity index (χ4v) is 5.29. The van der Waals surface area contributed by atoms with Crippen LogP contribution in [0.5, 0.6) is 11.5 Å². The minimum absolute atomic E-state index is 0.140. The number of aromatic hydroxyl groups is 1. The molecule has 0 spiro atoms. The average Bonchev–Trinajstić information content (AvgIpc) is 2.88. The van der Waals surface area contributed by atoms with Gasteiger partial charge in [0.1, 0.15) is 11.5 Å². The van der Waals surface area contributed by atoms with Crippen LogP contribution in [0, 0.1) is 0 Å². The van der Waals surface area contributed by atoms with Gasteiger partial charge in [0.2, 0.25) is 0 Å². The molecule has 36 heavy (non-hydrogen) atoms. The van der Waals surface area contributed by atoms with Crippen LogP contribution < -0.4 is 10.1 Å². The molecule has 1 heterocycles. The number of rotatable bonds is 10. The maximum atomic E-state index is 12.7. The van der Waals surface area contributed by atoms with Crippen LogP contribution in [-0.2, 0) is 10.5 Å². The number of hydrogen-bond donors (Lipinski definition) is 2. The highest BCUT2D eigenvalue weighted by atomic mass is 32.2. The lowest BCUT2D eigenvalue weighted by molar-refractivity contribution is -0.131.